The third-order valence-electron chi connectivity index (χ3n) is 3.12. The molecule has 8 nitrogen and oxygen atoms in total. The molecule has 0 atom stereocenters. The van der Waals surface area contributed by atoms with Crippen LogP contribution >= 0.6 is 23.1 Å². The summed E-state index contributed by atoms with van der Waals surface area (Å²) >= 11 is 2.79. The van der Waals surface area contributed by atoms with Crippen molar-refractivity contribution in [3.8, 4) is 5.75 Å². The van der Waals surface area contributed by atoms with Crippen LogP contribution in [-0.2, 0) is 14.8 Å². The first kappa shape index (κ1) is 20.6. The van der Waals surface area contributed by atoms with Gasteiger partial charge in [0.15, 0.2) is 4.34 Å². The van der Waals surface area contributed by atoms with Crippen LogP contribution in [0.1, 0.15) is 13.8 Å². The summed E-state index contributed by atoms with van der Waals surface area (Å²) in [6.45, 7) is 3.73. The number of sulfonamides is 1. The molecule has 0 aliphatic carbocycles. The van der Waals surface area contributed by atoms with Crippen LogP contribution in [0.2, 0.25) is 0 Å². The summed E-state index contributed by atoms with van der Waals surface area (Å²) in [5, 5.41) is 11.1. The Bertz CT molecular complexity index is 850. The van der Waals surface area contributed by atoms with Crippen molar-refractivity contribution in [1.82, 2.24) is 14.5 Å². The van der Waals surface area contributed by atoms with Gasteiger partial charge in [-0.3, -0.25) is 10.1 Å². The maximum absolute atomic E-state index is 12.5. The van der Waals surface area contributed by atoms with E-state index in [4.69, 9.17) is 4.74 Å². The normalized spacial score (nSPS) is 11.8. The minimum atomic E-state index is -3.78. The Morgan fingerprint density at radius 2 is 1.96 bits per heavy atom. The minimum absolute atomic E-state index is 0.0835. The fourth-order valence-electron chi connectivity index (χ4n) is 1.88. The molecule has 0 saturated heterocycles. The first-order valence-electron chi connectivity index (χ1n) is 7.62. The van der Waals surface area contributed by atoms with Gasteiger partial charge in [-0.25, -0.2) is 8.42 Å². The molecule has 0 radical (unpaired) electrons. The largest absolute Gasteiger partial charge is 0.497 e. The first-order valence-corrected chi connectivity index (χ1v) is 10.8. The molecule has 0 saturated carbocycles. The van der Waals surface area contributed by atoms with Crippen LogP contribution in [0.15, 0.2) is 33.5 Å². The number of hydrogen-bond acceptors (Lipinski definition) is 8. The van der Waals surface area contributed by atoms with Crippen molar-refractivity contribution in [3.05, 3.63) is 24.3 Å². The average molecular weight is 417 g/mol. The van der Waals surface area contributed by atoms with Gasteiger partial charge >= 0.3 is 0 Å². The van der Waals surface area contributed by atoms with Gasteiger partial charge in [0, 0.05) is 12.3 Å². The molecule has 0 spiro atoms. The van der Waals surface area contributed by atoms with Crippen LogP contribution in [-0.4, -0.2) is 54.8 Å². The Kier molecular flexibility index (Phi) is 6.98. The topological polar surface area (TPSA) is 101 Å². The number of amides is 1. The van der Waals surface area contributed by atoms with Crippen LogP contribution in [0.4, 0.5) is 5.13 Å². The predicted octanol–water partition coefficient (Wildman–Crippen LogP) is 2.31. The maximum Gasteiger partial charge on any atom is 0.243 e. The van der Waals surface area contributed by atoms with E-state index in [0.717, 1.165) is 8.64 Å². The molecule has 1 heterocycles. The molecule has 0 aliphatic heterocycles. The SMILES string of the molecule is COc1ccc(S(=O)(=O)N(C)CC(=O)Nc2nnc(SC(C)C)s2)cc1. The number of thioether (sulfide) groups is 1. The lowest BCUT2D eigenvalue weighted by atomic mass is 10.3. The average Bonchev–Trinajstić information content (AvgIpc) is 3.00. The fourth-order valence-corrected chi connectivity index (χ4v) is 5.00. The molecule has 0 aliphatic rings. The molecule has 2 aromatic rings. The number of methoxy groups -OCH3 is 1. The minimum Gasteiger partial charge on any atom is -0.497 e. The van der Waals surface area contributed by atoms with E-state index in [2.05, 4.69) is 15.5 Å². The molecule has 0 bridgehead atoms. The van der Waals surface area contributed by atoms with Crippen molar-refractivity contribution in [1.29, 1.82) is 0 Å². The van der Waals surface area contributed by atoms with E-state index in [1.165, 1.54) is 37.6 Å². The number of rotatable bonds is 8. The van der Waals surface area contributed by atoms with Crippen LogP contribution in [0, 0.1) is 0 Å². The molecule has 0 fully saturated rings. The van der Waals surface area contributed by atoms with E-state index in [9.17, 15) is 13.2 Å². The second kappa shape index (κ2) is 8.80. The summed E-state index contributed by atoms with van der Waals surface area (Å²) < 4.78 is 31.8. The third-order valence-corrected chi connectivity index (χ3v) is 6.87. The number of carbonyl (C=O) groups excluding carboxylic acids is 1. The van der Waals surface area contributed by atoms with Crippen molar-refractivity contribution < 1.29 is 17.9 Å². The number of ether oxygens (including phenoxy) is 1. The standard InChI is InChI=1S/C15H20N4O4S3/c1-10(2)24-15-18-17-14(25-15)16-13(20)9-19(3)26(21,22)12-7-5-11(23-4)6-8-12/h5-8,10H,9H2,1-4H3,(H,16,17,20). The van der Waals surface area contributed by atoms with E-state index in [0.29, 0.717) is 16.1 Å². The second-order valence-electron chi connectivity index (χ2n) is 5.52. The lowest BCUT2D eigenvalue weighted by Crippen LogP contribution is -2.34. The predicted molar refractivity (Wildman–Crippen MR) is 102 cm³/mol. The van der Waals surface area contributed by atoms with Crippen molar-refractivity contribution in [2.75, 3.05) is 26.0 Å². The molecule has 1 amide bonds. The monoisotopic (exact) mass is 416 g/mol. The number of carbonyl (C=O) groups is 1. The first-order chi connectivity index (χ1) is 12.2. The van der Waals surface area contributed by atoms with Gasteiger partial charge in [0.05, 0.1) is 18.6 Å². The molecule has 2 rings (SSSR count). The summed E-state index contributed by atoms with van der Waals surface area (Å²) in [6, 6.07) is 5.97. The Hall–Kier alpha value is -1.69. The highest BCUT2D eigenvalue weighted by atomic mass is 32.2. The maximum atomic E-state index is 12.5. The Labute approximate surface area is 161 Å². The highest BCUT2D eigenvalue weighted by molar-refractivity contribution is 8.01. The quantitative estimate of drug-likeness (QED) is 0.520. The van der Waals surface area contributed by atoms with Crippen molar-refractivity contribution in [2.24, 2.45) is 0 Å². The van der Waals surface area contributed by atoms with Crippen LogP contribution in [0.3, 0.4) is 0 Å². The highest BCUT2D eigenvalue weighted by Crippen LogP contribution is 2.28. The van der Waals surface area contributed by atoms with E-state index < -0.39 is 15.9 Å². The second-order valence-corrected chi connectivity index (χ2v) is 10.4. The van der Waals surface area contributed by atoms with Gasteiger partial charge in [0.2, 0.25) is 21.1 Å². The van der Waals surface area contributed by atoms with Gasteiger partial charge in [-0.15, -0.1) is 10.2 Å². The molecule has 1 aromatic heterocycles. The molecule has 0 unspecified atom stereocenters. The van der Waals surface area contributed by atoms with E-state index in [1.807, 2.05) is 13.8 Å². The molecular formula is C15H20N4O4S3. The number of hydrogen-bond donors (Lipinski definition) is 1. The molecular weight excluding hydrogens is 396 g/mol. The molecule has 1 N–H and O–H groups in total. The smallest absolute Gasteiger partial charge is 0.243 e. The summed E-state index contributed by atoms with van der Waals surface area (Å²) in [5.41, 5.74) is 0. The van der Waals surface area contributed by atoms with Gasteiger partial charge in [0.1, 0.15) is 5.75 Å². The van der Waals surface area contributed by atoms with E-state index in [1.54, 1.807) is 23.9 Å². The van der Waals surface area contributed by atoms with Crippen LogP contribution in [0.25, 0.3) is 0 Å². The molecule has 26 heavy (non-hydrogen) atoms. The zero-order valence-electron chi connectivity index (χ0n) is 14.8. The van der Waals surface area contributed by atoms with Crippen molar-refractivity contribution >= 4 is 44.2 Å². The lowest BCUT2D eigenvalue weighted by molar-refractivity contribution is -0.116. The summed E-state index contributed by atoms with van der Waals surface area (Å²) in [6.07, 6.45) is 0. The number of likely N-dealkylation sites (N-methyl/N-ethyl adjacent to an activating group) is 1. The van der Waals surface area contributed by atoms with E-state index >= 15 is 0 Å². The third kappa shape index (κ3) is 5.40. The molecule has 1 aromatic carbocycles. The number of benzene rings is 1. The zero-order chi connectivity index (χ0) is 19.3. The lowest BCUT2D eigenvalue weighted by Gasteiger charge is -2.16. The Morgan fingerprint density at radius 3 is 2.54 bits per heavy atom. The Morgan fingerprint density at radius 1 is 1.31 bits per heavy atom. The molecule has 11 heteroatoms. The van der Waals surface area contributed by atoms with Gasteiger partial charge in [0.25, 0.3) is 0 Å². The summed E-state index contributed by atoms with van der Waals surface area (Å²) in [4.78, 5) is 12.2. The number of nitrogens with one attached hydrogen (secondary N) is 1. The number of nitrogens with zero attached hydrogens (tertiary/aromatic N) is 3. The Balaban J connectivity index is 1.99. The van der Waals surface area contributed by atoms with Crippen LogP contribution < -0.4 is 10.1 Å². The number of aromatic nitrogens is 2. The van der Waals surface area contributed by atoms with Crippen LogP contribution in [0.5, 0.6) is 5.75 Å². The van der Waals surface area contributed by atoms with Crippen molar-refractivity contribution in [3.63, 3.8) is 0 Å². The highest BCUT2D eigenvalue weighted by Gasteiger charge is 2.23. The van der Waals surface area contributed by atoms with Gasteiger partial charge in [-0.2, -0.15) is 4.31 Å². The summed E-state index contributed by atoms with van der Waals surface area (Å²) in [5.74, 6) is 0.0671. The van der Waals surface area contributed by atoms with Gasteiger partial charge < -0.3 is 4.74 Å². The molecule has 142 valence electrons. The van der Waals surface area contributed by atoms with E-state index in [-0.39, 0.29) is 11.4 Å². The number of anilines is 1. The van der Waals surface area contributed by atoms with Gasteiger partial charge in [-0.1, -0.05) is 36.9 Å². The zero-order valence-corrected chi connectivity index (χ0v) is 17.2. The van der Waals surface area contributed by atoms with Crippen molar-refractivity contribution in [2.45, 2.75) is 28.3 Å². The van der Waals surface area contributed by atoms with Gasteiger partial charge in [-0.05, 0) is 24.3 Å². The fraction of sp³-hybridized carbons (Fsp3) is 0.400. The summed E-state index contributed by atoms with van der Waals surface area (Å²) in [7, 11) is -0.937.